The zero-order chi connectivity index (χ0) is 13.0. The van der Waals surface area contributed by atoms with Gasteiger partial charge in [-0.1, -0.05) is 0 Å². The van der Waals surface area contributed by atoms with Gasteiger partial charge in [-0.2, -0.15) is 0 Å². The van der Waals surface area contributed by atoms with Crippen molar-refractivity contribution in [2.75, 3.05) is 6.61 Å². The highest BCUT2D eigenvalue weighted by Crippen LogP contribution is 2.21. The Morgan fingerprint density at radius 2 is 2.06 bits per heavy atom. The van der Waals surface area contributed by atoms with E-state index in [0.717, 1.165) is 18.2 Å². The molecule has 2 atom stereocenters. The molecular weight excluding hydrogens is 271 g/mol. The van der Waals surface area contributed by atoms with Crippen molar-refractivity contribution in [3.63, 3.8) is 0 Å². The molecule has 0 aliphatic carbocycles. The van der Waals surface area contributed by atoms with E-state index >= 15 is 0 Å². The first kappa shape index (κ1) is 16.7. The first-order chi connectivity index (χ1) is 7.97. The van der Waals surface area contributed by atoms with Gasteiger partial charge in [0, 0.05) is 5.56 Å². The maximum Gasteiger partial charge on any atom is 0.342 e. The third kappa shape index (κ3) is 3.89. The van der Waals surface area contributed by atoms with Gasteiger partial charge in [-0.15, -0.1) is 12.4 Å². The number of nitrogens with two attached hydrogens (primary N) is 1. The molecule has 0 fully saturated rings. The second-order valence-electron chi connectivity index (χ2n) is 3.35. The monoisotopic (exact) mass is 283 g/mol. The Hall–Kier alpha value is -1.27. The molecule has 2 N–H and O–H groups in total. The van der Waals surface area contributed by atoms with Crippen LogP contribution in [-0.2, 0) is 9.53 Å². The molecule has 102 valence electrons. The maximum atomic E-state index is 13.5. The number of ether oxygens (including phenoxy) is 1. The second-order valence-corrected chi connectivity index (χ2v) is 3.35. The van der Waals surface area contributed by atoms with E-state index in [0.29, 0.717) is 0 Å². The van der Waals surface area contributed by atoms with E-state index in [1.165, 1.54) is 6.92 Å². The Kier molecular flexibility index (Phi) is 6.72. The summed E-state index contributed by atoms with van der Waals surface area (Å²) in [5.74, 6) is -2.82. The SMILES string of the molecule is CCOC(=O)C(F)[C@H](N)c1cc(F)ccc1F.Cl. The van der Waals surface area contributed by atoms with Crippen LogP contribution in [-0.4, -0.2) is 18.7 Å². The molecule has 7 heteroatoms. The predicted octanol–water partition coefficient (Wildman–Crippen LogP) is 2.29. The predicted molar refractivity (Wildman–Crippen MR) is 62.1 cm³/mol. The highest BCUT2D eigenvalue weighted by atomic mass is 35.5. The number of halogens is 4. The zero-order valence-corrected chi connectivity index (χ0v) is 10.3. The van der Waals surface area contributed by atoms with Gasteiger partial charge in [0.1, 0.15) is 11.6 Å². The number of alkyl halides is 1. The number of hydrogen-bond acceptors (Lipinski definition) is 3. The van der Waals surface area contributed by atoms with Crippen molar-refractivity contribution in [3.8, 4) is 0 Å². The topological polar surface area (TPSA) is 52.3 Å². The molecule has 0 spiro atoms. The minimum atomic E-state index is -2.23. The molecule has 0 heterocycles. The lowest BCUT2D eigenvalue weighted by Crippen LogP contribution is -2.32. The van der Waals surface area contributed by atoms with Crippen molar-refractivity contribution < 1.29 is 22.7 Å². The average molecular weight is 284 g/mol. The molecule has 1 rings (SSSR count). The van der Waals surface area contributed by atoms with E-state index in [1.54, 1.807) is 0 Å². The van der Waals surface area contributed by atoms with Gasteiger partial charge < -0.3 is 10.5 Å². The summed E-state index contributed by atoms with van der Waals surface area (Å²) < 4.78 is 44.0. The van der Waals surface area contributed by atoms with E-state index in [-0.39, 0.29) is 19.0 Å². The van der Waals surface area contributed by atoms with Crippen LogP contribution in [0.1, 0.15) is 18.5 Å². The summed E-state index contributed by atoms with van der Waals surface area (Å²) in [5, 5.41) is 0. The zero-order valence-electron chi connectivity index (χ0n) is 9.53. The molecule has 1 unspecified atom stereocenters. The second kappa shape index (κ2) is 7.23. The maximum absolute atomic E-state index is 13.5. The highest BCUT2D eigenvalue weighted by Gasteiger charge is 2.29. The minimum Gasteiger partial charge on any atom is -0.464 e. The standard InChI is InChI=1S/C11H12F3NO2.ClH/c1-2-17-11(16)9(14)10(15)7-5-6(12)3-4-8(7)13;/h3-5,9-10H,2,15H2,1H3;1H/t9?,10-;/m1./s1. The molecule has 0 saturated carbocycles. The summed E-state index contributed by atoms with van der Waals surface area (Å²) in [4.78, 5) is 11.1. The molecule has 0 aliphatic heterocycles. The minimum absolute atomic E-state index is 0. The lowest BCUT2D eigenvalue weighted by atomic mass is 10.0. The number of hydrogen-bond donors (Lipinski definition) is 1. The average Bonchev–Trinajstić information content (AvgIpc) is 2.30. The number of benzene rings is 1. The van der Waals surface area contributed by atoms with Gasteiger partial charge in [-0.25, -0.2) is 18.0 Å². The molecule has 1 aromatic rings. The van der Waals surface area contributed by atoms with Gasteiger partial charge >= 0.3 is 5.97 Å². The van der Waals surface area contributed by atoms with E-state index < -0.39 is 35.4 Å². The van der Waals surface area contributed by atoms with Gasteiger partial charge in [0.2, 0.25) is 6.17 Å². The fraction of sp³-hybridized carbons (Fsp3) is 0.364. The van der Waals surface area contributed by atoms with Crippen LogP contribution in [0.3, 0.4) is 0 Å². The fourth-order valence-corrected chi connectivity index (χ4v) is 1.30. The molecule has 0 aromatic heterocycles. The van der Waals surface area contributed by atoms with Crippen LogP contribution >= 0.6 is 12.4 Å². The van der Waals surface area contributed by atoms with Crippen molar-refractivity contribution in [2.45, 2.75) is 19.1 Å². The highest BCUT2D eigenvalue weighted by molar-refractivity contribution is 5.85. The summed E-state index contributed by atoms with van der Waals surface area (Å²) in [6.45, 7) is 1.48. The Labute approximate surface area is 109 Å². The number of esters is 1. The quantitative estimate of drug-likeness (QED) is 0.863. The van der Waals surface area contributed by atoms with Gasteiger partial charge in [0.15, 0.2) is 0 Å². The molecule has 3 nitrogen and oxygen atoms in total. The van der Waals surface area contributed by atoms with Gasteiger partial charge in [-0.05, 0) is 25.1 Å². The molecular formula is C11H13ClF3NO2. The van der Waals surface area contributed by atoms with Crippen LogP contribution in [0.2, 0.25) is 0 Å². The first-order valence-corrected chi connectivity index (χ1v) is 4.98. The lowest BCUT2D eigenvalue weighted by Gasteiger charge is -2.16. The molecule has 0 bridgehead atoms. The molecule has 0 aliphatic rings. The van der Waals surface area contributed by atoms with Crippen molar-refractivity contribution >= 4 is 18.4 Å². The third-order valence-electron chi connectivity index (χ3n) is 2.14. The Morgan fingerprint density at radius 3 is 2.61 bits per heavy atom. The molecule has 0 radical (unpaired) electrons. The van der Waals surface area contributed by atoms with Crippen LogP contribution in [0.15, 0.2) is 18.2 Å². The molecule has 0 saturated heterocycles. The van der Waals surface area contributed by atoms with Crippen molar-refractivity contribution in [1.82, 2.24) is 0 Å². The molecule has 18 heavy (non-hydrogen) atoms. The van der Waals surface area contributed by atoms with Crippen LogP contribution in [0.4, 0.5) is 13.2 Å². The fourth-order valence-electron chi connectivity index (χ4n) is 1.30. The normalized spacial score (nSPS) is 13.4. The Bertz CT molecular complexity index is 417. The van der Waals surface area contributed by atoms with E-state index in [4.69, 9.17) is 5.73 Å². The third-order valence-corrected chi connectivity index (χ3v) is 2.14. The summed E-state index contributed by atoms with van der Waals surface area (Å²) in [6, 6.07) is 0.863. The van der Waals surface area contributed by atoms with Gasteiger partial charge in [0.05, 0.1) is 12.6 Å². The molecule has 1 aromatic carbocycles. The van der Waals surface area contributed by atoms with Crippen molar-refractivity contribution in [2.24, 2.45) is 5.73 Å². The summed E-state index contributed by atoms with van der Waals surface area (Å²) in [5.41, 5.74) is 4.96. The van der Waals surface area contributed by atoms with Crippen LogP contribution in [0.5, 0.6) is 0 Å². The smallest absolute Gasteiger partial charge is 0.342 e. The van der Waals surface area contributed by atoms with E-state index in [2.05, 4.69) is 4.74 Å². The lowest BCUT2D eigenvalue weighted by molar-refractivity contribution is -0.149. The van der Waals surface area contributed by atoms with Gasteiger partial charge in [-0.3, -0.25) is 0 Å². The van der Waals surface area contributed by atoms with Crippen LogP contribution in [0, 0.1) is 11.6 Å². The van der Waals surface area contributed by atoms with Crippen molar-refractivity contribution in [3.05, 3.63) is 35.4 Å². The number of carbonyl (C=O) groups is 1. The first-order valence-electron chi connectivity index (χ1n) is 4.98. The summed E-state index contributed by atoms with van der Waals surface area (Å²) in [6.07, 6.45) is -2.23. The summed E-state index contributed by atoms with van der Waals surface area (Å²) in [7, 11) is 0. The Balaban J connectivity index is 0.00000289. The Morgan fingerprint density at radius 1 is 1.44 bits per heavy atom. The summed E-state index contributed by atoms with van der Waals surface area (Å²) >= 11 is 0. The van der Waals surface area contributed by atoms with Crippen LogP contribution in [0.25, 0.3) is 0 Å². The number of rotatable bonds is 4. The largest absolute Gasteiger partial charge is 0.464 e. The van der Waals surface area contributed by atoms with E-state index in [1.807, 2.05) is 0 Å². The van der Waals surface area contributed by atoms with Gasteiger partial charge in [0.25, 0.3) is 0 Å². The number of carbonyl (C=O) groups excluding carboxylic acids is 1. The van der Waals surface area contributed by atoms with E-state index in [9.17, 15) is 18.0 Å². The molecule has 0 amide bonds. The van der Waals surface area contributed by atoms with Crippen LogP contribution < -0.4 is 5.73 Å². The van der Waals surface area contributed by atoms with Crippen molar-refractivity contribution in [1.29, 1.82) is 0 Å².